The third kappa shape index (κ3) is 5.60. The molecule has 184 valence electrons. The summed E-state index contributed by atoms with van der Waals surface area (Å²) in [6, 6.07) is 8.06. The molecule has 2 aliphatic heterocycles. The Morgan fingerprint density at radius 2 is 2.00 bits per heavy atom. The second-order valence-corrected chi connectivity index (χ2v) is 9.26. The molecule has 3 N–H and O–H groups in total. The van der Waals surface area contributed by atoms with Crippen LogP contribution in [0.4, 0.5) is 11.6 Å². The van der Waals surface area contributed by atoms with Gasteiger partial charge in [0.2, 0.25) is 0 Å². The van der Waals surface area contributed by atoms with Gasteiger partial charge in [0.15, 0.2) is 5.82 Å². The Bertz CT molecular complexity index is 958. The zero-order chi connectivity index (χ0) is 23.3. The number of rotatable bonds is 10. The van der Waals surface area contributed by atoms with E-state index >= 15 is 0 Å². The van der Waals surface area contributed by atoms with Gasteiger partial charge in [-0.05, 0) is 44.4 Å². The van der Waals surface area contributed by atoms with Crippen molar-refractivity contribution in [2.24, 2.45) is 0 Å². The van der Waals surface area contributed by atoms with Gasteiger partial charge in [-0.15, -0.1) is 0 Å². The highest BCUT2D eigenvalue weighted by molar-refractivity contribution is 5.69. The molecule has 1 saturated carbocycles. The molecule has 0 spiro atoms. The molecule has 9 nitrogen and oxygen atoms in total. The van der Waals surface area contributed by atoms with Crippen LogP contribution < -0.4 is 20.3 Å². The van der Waals surface area contributed by atoms with Crippen LogP contribution in [0.3, 0.4) is 0 Å². The molecular formula is C25H35N5O4. The van der Waals surface area contributed by atoms with E-state index < -0.39 is 6.10 Å². The standard InChI is InChI=1S/C25H35N5O4/c1-26-14-20(31)16-34-21-4-2-3-18(13-21)23-28-24(27-19-7-10-33-15-19)22(17-5-6-17)25(29-23)30-8-11-32-12-9-30/h2-4,13,17,19-20,26,31H,5-12,14-16H2,1H3,(H,27,28,29)/t19-,20?/m1/s1. The van der Waals surface area contributed by atoms with Crippen LogP contribution in [0.1, 0.15) is 30.7 Å². The summed E-state index contributed by atoms with van der Waals surface area (Å²) in [5, 5.41) is 16.6. The summed E-state index contributed by atoms with van der Waals surface area (Å²) in [6.45, 7) is 5.26. The topological polar surface area (TPSA) is 101 Å². The van der Waals surface area contributed by atoms with Gasteiger partial charge in [-0.25, -0.2) is 9.97 Å². The van der Waals surface area contributed by atoms with Crippen LogP contribution in [0, 0.1) is 0 Å². The van der Waals surface area contributed by atoms with Gasteiger partial charge >= 0.3 is 0 Å². The van der Waals surface area contributed by atoms with Gasteiger partial charge in [0.1, 0.15) is 30.1 Å². The largest absolute Gasteiger partial charge is 0.491 e. The van der Waals surface area contributed by atoms with Crippen molar-refractivity contribution in [3.05, 3.63) is 29.8 Å². The second-order valence-electron chi connectivity index (χ2n) is 9.26. The Labute approximate surface area is 200 Å². The number of nitrogens with one attached hydrogen (secondary N) is 2. The minimum absolute atomic E-state index is 0.222. The summed E-state index contributed by atoms with van der Waals surface area (Å²) in [5.41, 5.74) is 2.13. The number of aliphatic hydroxyl groups is 1. The van der Waals surface area contributed by atoms with Crippen molar-refractivity contribution in [1.29, 1.82) is 0 Å². The maximum absolute atomic E-state index is 9.99. The smallest absolute Gasteiger partial charge is 0.164 e. The molecule has 0 bridgehead atoms. The number of likely N-dealkylation sites (N-methyl/N-ethyl adjacent to an activating group) is 1. The molecule has 0 radical (unpaired) electrons. The van der Waals surface area contributed by atoms with Gasteiger partial charge in [0, 0.05) is 37.4 Å². The van der Waals surface area contributed by atoms with Crippen LogP contribution in [0.15, 0.2) is 24.3 Å². The van der Waals surface area contributed by atoms with E-state index in [4.69, 9.17) is 24.2 Å². The van der Waals surface area contributed by atoms with Crippen LogP contribution in [-0.2, 0) is 9.47 Å². The van der Waals surface area contributed by atoms with Gasteiger partial charge < -0.3 is 34.9 Å². The fourth-order valence-corrected chi connectivity index (χ4v) is 4.51. The molecule has 0 amide bonds. The monoisotopic (exact) mass is 469 g/mol. The molecule has 5 rings (SSSR count). The first-order valence-corrected chi connectivity index (χ1v) is 12.4. The lowest BCUT2D eigenvalue weighted by atomic mass is 10.1. The number of ether oxygens (including phenoxy) is 3. The van der Waals surface area contributed by atoms with Crippen LogP contribution in [0.25, 0.3) is 11.4 Å². The average molecular weight is 470 g/mol. The summed E-state index contributed by atoms with van der Waals surface area (Å²) in [4.78, 5) is 12.5. The van der Waals surface area contributed by atoms with Crippen LogP contribution in [0.2, 0.25) is 0 Å². The van der Waals surface area contributed by atoms with Gasteiger partial charge in [-0.2, -0.15) is 0 Å². The quantitative estimate of drug-likeness (QED) is 0.482. The minimum atomic E-state index is -0.569. The molecule has 1 unspecified atom stereocenters. The molecular weight excluding hydrogens is 434 g/mol. The normalized spacial score (nSPS) is 21.5. The lowest BCUT2D eigenvalue weighted by molar-refractivity contribution is 0.108. The van der Waals surface area contributed by atoms with Crippen molar-refractivity contribution in [3.63, 3.8) is 0 Å². The first-order valence-electron chi connectivity index (χ1n) is 12.4. The lowest BCUT2D eigenvalue weighted by Crippen LogP contribution is -2.38. The van der Waals surface area contributed by atoms with Gasteiger partial charge in [0.25, 0.3) is 0 Å². The Morgan fingerprint density at radius 1 is 1.15 bits per heavy atom. The molecule has 3 aliphatic rings. The third-order valence-electron chi connectivity index (χ3n) is 6.47. The fraction of sp³-hybridized carbons (Fsp3) is 0.600. The van der Waals surface area contributed by atoms with Crippen LogP contribution in [-0.4, -0.2) is 86.9 Å². The first kappa shape index (κ1) is 23.3. The van der Waals surface area contributed by atoms with Crippen LogP contribution >= 0.6 is 0 Å². The fourth-order valence-electron chi connectivity index (χ4n) is 4.51. The van der Waals surface area contributed by atoms with Crippen molar-refractivity contribution < 1.29 is 19.3 Å². The molecule has 34 heavy (non-hydrogen) atoms. The van der Waals surface area contributed by atoms with Crippen molar-refractivity contribution in [2.75, 3.05) is 69.9 Å². The van der Waals surface area contributed by atoms with Crippen molar-refractivity contribution in [3.8, 4) is 17.1 Å². The van der Waals surface area contributed by atoms with E-state index in [0.29, 0.717) is 43.9 Å². The average Bonchev–Trinajstić information content (AvgIpc) is 3.58. The summed E-state index contributed by atoms with van der Waals surface area (Å²) in [5.74, 6) is 3.82. The summed E-state index contributed by atoms with van der Waals surface area (Å²) < 4.78 is 17.1. The maximum Gasteiger partial charge on any atom is 0.164 e. The Kier molecular flexibility index (Phi) is 7.44. The van der Waals surface area contributed by atoms with E-state index in [2.05, 4.69) is 15.5 Å². The first-order chi connectivity index (χ1) is 16.7. The molecule has 2 saturated heterocycles. The molecule has 3 fully saturated rings. The SMILES string of the molecule is CNCC(O)COc1cccc(-c2nc(N[C@@H]3CCOC3)c(C3CC3)c(N3CCOCC3)n2)c1. The van der Waals surface area contributed by atoms with E-state index in [1.54, 1.807) is 0 Å². The Morgan fingerprint density at radius 3 is 2.74 bits per heavy atom. The number of hydrogen-bond donors (Lipinski definition) is 3. The zero-order valence-corrected chi connectivity index (χ0v) is 19.8. The summed E-state index contributed by atoms with van der Waals surface area (Å²) in [6.07, 6.45) is 2.76. The molecule has 1 aliphatic carbocycles. The van der Waals surface area contributed by atoms with E-state index in [1.807, 2.05) is 31.3 Å². The second kappa shape index (κ2) is 10.9. The number of morpholine rings is 1. The van der Waals surface area contributed by atoms with Gasteiger partial charge in [-0.3, -0.25) is 0 Å². The predicted octanol–water partition coefficient (Wildman–Crippen LogP) is 2.02. The minimum Gasteiger partial charge on any atom is -0.491 e. The van der Waals surface area contributed by atoms with Crippen molar-refractivity contribution in [1.82, 2.24) is 15.3 Å². The number of anilines is 2. The summed E-state index contributed by atoms with van der Waals surface area (Å²) >= 11 is 0. The predicted molar refractivity (Wildman–Crippen MR) is 131 cm³/mol. The van der Waals surface area contributed by atoms with E-state index in [1.165, 1.54) is 18.4 Å². The highest BCUT2D eigenvalue weighted by Crippen LogP contribution is 2.48. The molecule has 1 aromatic heterocycles. The van der Waals surface area contributed by atoms with E-state index in [-0.39, 0.29) is 12.6 Å². The maximum atomic E-state index is 9.99. The summed E-state index contributed by atoms with van der Waals surface area (Å²) in [7, 11) is 1.81. The van der Waals surface area contributed by atoms with Crippen molar-refractivity contribution >= 4 is 11.6 Å². The number of hydrogen-bond acceptors (Lipinski definition) is 9. The zero-order valence-electron chi connectivity index (χ0n) is 19.8. The Balaban J connectivity index is 1.48. The van der Waals surface area contributed by atoms with Crippen LogP contribution in [0.5, 0.6) is 5.75 Å². The molecule has 3 heterocycles. The van der Waals surface area contributed by atoms with Gasteiger partial charge in [0.05, 0.1) is 25.9 Å². The van der Waals surface area contributed by atoms with E-state index in [9.17, 15) is 5.11 Å². The number of nitrogens with zero attached hydrogens (tertiary/aromatic N) is 3. The third-order valence-corrected chi connectivity index (χ3v) is 6.47. The molecule has 2 atom stereocenters. The van der Waals surface area contributed by atoms with Gasteiger partial charge in [-0.1, -0.05) is 12.1 Å². The molecule has 1 aromatic carbocycles. The van der Waals surface area contributed by atoms with E-state index in [0.717, 1.165) is 43.3 Å². The number of benzene rings is 1. The highest BCUT2D eigenvalue weighted by Gasteiger charge is 2.34. The van der Waals surface area contributed by atoms with Crippen molar-refractivity contribution in [2.45, 2.75) is 37.3 Å². The number of aliphatic hydroxyl groups excluding tert-OH is 1. The Hall–Kier alpha value is -2.46. The number of aromatic nitrogens is 2. The molecule has 9 heteroatoms. The highest BCUT2D eigenvalue weighted by atomic mass is 16.5. The lowest BCUT2D eigenvalue weighted by Gasteiger charge is -2.31. The molecule has 2 aromatic rings.